The van der Waals surface area contributed by atoms with Crippen LogP contribution in [-0.2, 0) is 17.1 Å². The summed E-state index contributed by atoms with van der Waals surface area (Å²) in [6.45, 7) is 4.55. The summed E-state index contributed by atoms with van der Waals surface area (Å²) in [4.78, 5) is 16.3. The quantitative estimate of drug-likeness (QED) is 0.865. The minimum Gasteiger partial charge on any atom is -0.353 e. The maximum absolute atomic E-state index is 12.0. The van der Waals surface area contributed by atoms with Gasteiger partial charge in [-0.25, -0.2) is 4.98 Å². The Kier molecular flexibility index (Phi) is 4.85. The van der Waals surface area contributed by atoms with Crippen molar-refractivity contribution in [3.8, 4) is 0 Å². The Morgan fingerprint density at radius 2 is 2.42 bits per heavy atom. The summed E-state index contributed by atoms with van der Waals surface area (Å²) in [5.41, 5.74) is 1.21. The van der Waals surface area contributed by atoms with Crippen LogP contribution in [0.3, 0.4) is 0 Å². The van der Waals surface area contributed by atoms with Crippen LogP contribution in [0.4, 0.5) is 0 Å². The van der Waals surface area contributed by atoms with E-state index in [2.05, 4.69) is 24.1 Å². The summed E-state index contributed by atoms with van der Waals surface area (Å²) in [7, 11) is 0. The highest BCUT2D eigenvalue weighted by Crippen LogP contribution is 2.35. The number of nitrogens with zero attached hydrogens (tertiary/aromatic N) is 1. The molecule has 0 spiro atoms. The molecule has 1 N–H and O–H groups in total. The molecule has 19 heavy (non-hydrogen) atoms. The van der Waals surface area contributed by atoms with Crippen molar-refractivity contribution in [2.45, 2.75) is 57.9 Å². The number of rotatable bonds is 4. The molecule has 1 amide bonds. The van der Waals surface area contributed by atoms with Gasteiger partial charge in [-0.05, 0) is 24.7 Å². The van der Waals surface area contributed by atoms with Gasteiger partial charge in [0.15, 0.2) is 0 Å². The van der Waals surface area contributed by atoms with Gasteiger partial charge >= 0.3 is 0 Å². The molecule has 5 heteroatoms. The Morgan fingerprint density at radius 1 is 1.63 bits per heavy atom. The molecule has 1 aliphatic carbocycles. The lowest BCUT2D eigenvalue weighted by atomic mass is 9.75. The Balaban J connectivity index is 1.84. The van der Waals surface area contributed by atoms with Crippen LogP contribution in [0.5, 0.6) is 0 Å². The number of alkyl halides is 1. The highest BCUT2D eigenvalue weighted by Gasteiger charge is 2.28. The largest absolute Gasteiger partial charge is 0.353 e. The molecule has 1 aromatic heterocycles. The second-order valence-corrected chi connectivity index (χ2v) is 7.28. The summed E-state index contributed by atoms with van der Waals surface area (Å²) in [6, 6.07) is 0.323. The van der Waals surface area contributed by atoms with Gasteiger partial charge in [0, 0.05) is 11.4 Å². The van der Waals surface area contributed by atoms with Crippen molar-refractivity contribution in [2.75, 3.05) is 0 Å². The zero-order chi connectivity index (χ0) is 13.9. The molecule has 106 valence electrons. The normalized spacial score (nSPS) is 22.2. The molecule has 2 rings (SSSR count). The number of carbonyl (C=O) groups excluding carboxylic acids is 1. The van der Waals surface area contributed by atoms with Crippen LogP contribution in [0.1, 0.15) is 50.2 Å². The van der Waals surface area contributed by atoms with Gasteiger partial charge in [-0.15, -0.1) is 22.9 Å². The highest BCUT2D eigenvalue weighted by atomic mass is 35.5. The van der Waals surface area contributed by atoms with E-state index in [9.17, 15) is 4.79 Å². The molecule has 0 saturated heterocycles. The lowest BCUT2D eigenvalue weighted by molar-refractivity contribution is -0.121. The van der Waals surface area contributed by atoms with E-state index in [1.807, 2.05) is 5.38 Å². The van der Waals surface area contributed by atoms with E-state index in [0.29, 0.717) is 23.8 Å². The fraction of sp³-hybridized carbons (Fsp3) is 0.714. The van der Waals surface area contributed by atoms with Gasteiger partial charge in [-0.1, -0.05) is 20.3 Å². The number of hydrogen-bond acceptors (Lipinski definition) is 3. The first kappa shape index (κ1) is 14.8. The molecule has 1 aliphatic rings. The zero-order valence-corrected chi connectivity index (χ0v) is 13.1. The van der Waals surface area contributed by atoms with Gasteiger partial charge < -0.3 is 5.32 Å². The predicted molar refractivity (Wildman–Crippen MR) is 79.6 cm³/mol. The average molecular weight is 301 g/mol. The van der Waals surface area contributed by atoms with Crippen molar-refractivity contribution in [1.29, 1.82) is 0 Å². The molecule has 1 fully saturated rings. The minimum atomic E-state index is 0.0816. The van der Waals surface area contributed by atoms with E-state index in [1.165, 1.54) is 24.2 Å². The fourth-order valence-electron chi connectivity index (χ4n) is 2.73. The zero-order valence-electron chi connectivity index (χ0n) is 11.5. The number of amides is 1. The van der Waals surface area contributed by atoms with Crippen molar-refractivity contribution >= 4 is 28.8 Å². The molecule has 1 saturated carbocycles. The SMILES string of the molecule is CC1(C)CCCC(NC(=O)Cc2nc(CCl)cs2)C1. The third kappa shape index (κ3) is 4.46. The molecule has 0 bridgehead atoms. The topological polar surface area (TPSA) is 42.0 Å². The number of nitrogens with one attached hydrogen (secondary N) is 1. The average Bonchev–Trinajstić information content (AvgIpc) is 2.75. The van der Waals surface area contributed by atoms with E-state index in [1.54, 1.807) is 0 Å². The van der Waals surface area contributed by atoms with Crippen LogP contribution in [0.25, 0.3) is 0 Å². The number of thiazole rings is 1. The molecule has 1 atom stereocenters. The molecule has 1 heterocycles. The van der Waals surface area contributed by atoms with Crippen molar-refractivity contribution in [1.82, 2.24) is 10.3 Å². The smallest absolute Gasteiger partial charge is 0.227 e. The maximum Gasteiger partial charge on any atom is 0.227 e. The third-order valence-corrected chi connectivity index (χ3v) is 4.79. The number of carbonyl (C=O) groups is 1. The van der Waals surface area contributed by atoms with Gasteiger partial charge in [0.25, 0.3) is 0 Å². The Morgan fingerprint density at radius 3 is 3.05 bits per heavy atom. The van der Waals surface area contributed by atoms with Crippen molar-refractivity contribution in [2.24, 2.45) is 5.41 Å². The molecular weight excluding hydrogens is 280 g/mol. The van der Waals surface area contributed by atoms with Crippen molar-refractivity contribution in [3.63, 3.8) is 0 Å². The summed E-state index contributed by atoms with van der Waals surface area (Å²) >= 11 is 7.22. The Hall–Kier alpha value is -0.610. The lowest BCUT2D eigenvalue weighted by Gasteiger charge is -2.35. The van der Waals surface area contributed by atoms with E-state index in [4.69, 9.17) is 11.6 Å². The molecule has 0 aliphatic heterocycles. The van der Waals surface area contributed by atoms with Crippen molar-refractivity contribution in [3.05, 3.63) is 16.1 Å². The van der Waals surface area contributed by atoms with Crippen LogP contribution >= 0.6 is 22.9 Å². The maximum atomic E-state index is 12.0. The molecule has 0 aromatic carbocycles. The number of aromatic nitrogens is 1. The first-order valence-electron chi connectivity index (χ1n) is 6.77. The van der Waals surface area contributed by atoms with Crippen LogP contribution in [0, 0.1) is 5.41 Å². The number of hydrogen-bond donors (Lipinski definition) is 1. The van der Waals surface area contributed by atoms with Gasteiger partial charge in [0.1, 0.15) is 5.01 Å². The fourth-order valence-corrected chi connectivity index (χ4v) is 3.75. The van der Waals surface area contributed by atoms with Gasteiger partial charge in [0.2, 0.25) is 5.91 Å². The second kappa shape index (κ2) is 6.23. The van der Waals surface area contributed by atoms with Crippen molar-refractivity contribution < 1.29 is 4.79 Å². The summed E-state index contributed by atoms with van der Waals surface area (Å²) in [5.74, 6) is 0.493. The van der Waals surface area contributed by atoms with E-state index in [-0.39, 0.29) is 5.91 Å². The Bertz CT molecular complexity index is 444. The summed E-state index contributed by atoms with van der Waals surface area (Å²) in [6.07, 6.45) is 5.00. The molecular formula is C14H21ClN2OS. The first-order chi connectivity index (χ1) is 8.98. The number of halogens is 1. The molecule has 1 aromatic rings. The lowest BCUT2D eigenvalue weighted by Crippen LogP contribution is -2.41. The molecule has 1 unspecified atom stereocenters. The van der Waals surface area contributed by atoms with E-state index < -0.39 is 0 Å². The monoisotopic (exact) mass is 300 g/mol. The van der Waals surface area contributed by atoms with Gasteiger partial charge in [-0.2, -0.15) is 0 Å². The Labute approximate surface area is 123 Å². The van der Waals surface area contributed by atoms with E-state index >= 15 is 0 Å². The standard InChI is InChI=1S/C14H21ClN2OS/c1-14(2)5-3-4-10(7-14)16-12(18)6-13-17-11(8-15)9-19-13/h9-10H,3-8H2,1-2H3,(H,16,18). The predicted octanol–water partition coefficient (Wildman–Crippen LogP) is 3.51. The highest BCUT2D eigenvalue weighted by molar-refractivity contribution is 7.09. The van der Waals surface area contributed by atoms with Gasteiger partial charge in [0.05, 0.1) is 18.0 Å². The molecule has 3 nitrogen and oxygen atoms in total. The van der Waals surface area contributed by atoms with Crippen LogP contribution < -0.4 is 5.32 Å². The minimum absolute atomic E-state index is 0.0816. The van der Waals surface area contributed by atoms with Crippen LogP contribution in [0.2, 0.25) is 0 Å². The summed E-state index contributed by atoms with van der Waals surface area (Å²) in [5, 5.41) is 5.91. The molecule has 0 radical (unpaired) electrons. The van der Waals surface area contributed by atoms with Gasteiger partial charge in [-0.3, -0.25) is 4.79 Å². The van der Waals surface area contributed by atoms with E-state index in [0.717, 1.165) is 23.5 Å². The first-order valence-corrected chi connectivity index (χ1v) is 8.18. The van der Waals surface area contributed by atoms with Crippen LogP contribution in [-0.4, -0.2) is 16.9 Å². The summed E-state index contributed by atoms with van der Waals surface area (Å²) < 4.78 is 0. The second-order valence-electron chi connectivity index (χ2n) is 6.07. The van der Waals surface area contributed by atoms with Crippen LogP contribution in [0.15, 0.2) is 5.38 Å². The third-order valence-electron chi connectivity index (χ3n) is 3.62.